The minimum atomic E-state index is -4.38. The van der Waals surface area contributed by atoms with Gasteiger partial charge in [-0.2, -0.15) is 15.1 Å². The van der Waals surface area contributed by atoms with Crippen LogP contribution < -0.4 is 25.2 Å². The number of rotatable bonds is 13. The van der Waals surface area contributed by atoms with Gasteiger partial charge in [-0.05, 0) is 46.8 Å². The Bertz CT molecular complexity index is 1720. The summed E-state index contributed by atoms with van der Waals surface area (Å²) in [6, 6.07) is 8.09. The van der Waals surface area contributed by atoms with Crippen molar-refractivity contribution in [1.82, 2.24) is 29.4 Å². The average molecular weight is 687 g/mol. The number of hydrogen-bond acceptors (Lipinski definition) is 15. The molecule has 0 radical (unpaired) electrons. The number of ether oxygens (including phenoxy) is 2. The molecule has 1 fully saturated rings. The number of anilines is 2. The molecule has 18 nitrogen and oxygen atoms in total. The average Bonchev–Trinajstić information content (AvgIpc) is 3.43. The lowest BCUT2D eigenvalue weighted by Crippen LogP contribution is -2.48. The highest BCUT2D eigenvalue weighted by atomic mass is 32.2. The summed E-state index contributed by atoms with van der Waals surface area (Å²) in [6.45, 7) is 6.95. The number of hydrazine groups is 1. The van der Waals surface area contributed by atoms with Gasteiger partial charge < -0.3 is 29.9 Å². The highest BCUT2D eigenvalue weighted by Crippen LogP contribution is 2.48. The number of carbonyl (C=O) groups is 1. The van der Waals surface area contributed by atoms with Gasteiger partial charge in [0, 0.05) is 7.05 Å². The number of sulfonamides is 1. The Labute approximate surface area is 265 Å². The van der Waals surface area contributed by atoms with Crippen LogP contribution in [0.25, 0.3) is 11.2 Å². The SMILES string of the molecule is CC(C)OC(=O)C(C)(C)NP(=O)(OCC1OC(n2cnc3c(N(C)NS(C)(=O)=O)nc(N)nc32)[C@](C)(O)[C@@H]1O)Oc1ccccc1. The number of esters is 1. The number of para-hydroxylation sites is 1. The summed E-state index contributed by atoms with van der Waals surface area (Å²) >= 11 is 0. The number of nitrogen functional groups attached to an aromatic ring is 1. The second kappa shape index (κ2) is 13.0. The number of carbonyl (C=O) groups excluding carboxylic acids is 1. The number of nitrogens with zero attached hydrogens (tertiary/aromatic N) is 5. The fourth-order valence-corrected chi connectivity index (χ4v) is 6.88. The quantitative estimate of drug-likeness (QED) is 0.0950. The van der Waals surface area contributed by atoms with Crippen molar-refractivity contribution in [3.63, 3.8) is 0 Å². The van der Waals surface area contributed by atoms with E-state index in [4.69, 9.17) is 24.3 Å². The molecule has 254 valence electrons. The summed E-state index contributed by atoms with van der Waals surface area (Å²) in [5.74, 6) is -0.785. The third-order valence-corrected chi connectivity index (χ3v) is 9.07. The van der Waals surface area contributed by atoms with E-state index in [0.717, 1.165) is 11.3 Å². The van der Waals surface area contributed by atoms with Crippen molar-refractivity contribution in [2.45, 2.75) is 70.3 Å². The maximum Gasteiger partial charge on any atom is 0.459 e. The topological polar surface area (TPSA) is 243 Å². The molecule has 3 heterocycles. The molecule has 5 atom stereocenters. The van der Waals surface area contributed by atoms with Gasteiger partial charge in [-0.25, -0.2) is 18.0 Å². The summed E-state index contributed by atoms with van der Waals surface area (Å²) in [5.41, 5.74) is 2.53. The number of nitrogens with one attached hydrogen (secondary N) is 2. The number of fused-ring (bicyclic) bond motifs is 1. The standard InChI is InChI=1S/C26H39N8O10PS/c1-15(2)42-23(36)25(3,4)31-45(38,44-16-11-9-8-10-12-16)41-13-17-19(35)26(5,37)22(43-17)34-14-28-18-20(29-24(27)30-21(18)34)33(6)32-46(7,39)40/h8-12,14-15,17,19,22,32,35,37H,13H2,1-7H3,(H,31,38)(H2,27,29,30)/t17?,19-,22?,26-,45?/m1/s1. The fraction of sp³-hybridized carbons (Fsp3) is 0.538. The third kappa shape index (κ3) is 7.92. The van der Waals surface area contributed by atoms with E-state index in [1.165, 1.54) is 50.8 Å². The third-order valence-electron chi connectivity index (χ3n) is 6.70. The molecular weight excluding hydrogens is 647 g/mol. The van der Waals surface area contributed by atoms with E-state index in [1.54, 1.807) is 32.0 Å². The van der Waals surface area contributed by atoms with E-state index in [9.17, 15) is 28.0 Å². The molecule has 0 bridgehead atoms. The minimum Gasteiger partial charge on any atom is -0.462 e. The Kier molecular flexibility index (Phi) is 10.0. The molecule has 46 heavy (non-hydrogen) atoms. The maximum absolute atomic E-state index is 14.1. The minimum absolute atomic E-state index is 0.00780. The Morgan fingerprint density at radius 3 is 2.54 bits per heavy atom. The normalized spacial score (nSPS) is 23.4. The van der Waals surface area contributed by atoms with Gasteiger partial charge in [0.1, 0.15) is 29.1 Å². The van der Waals surface area contributed by atoms with Crippen LogP contribution in [0.4, 0.5) is 11.8 Å². The first-order chi connectivity index (χ1) is 21.2. The summed E-state index contributed by atoms with van der Waals surface area (Å²) in [5, 5.41) is 26.2. The molecule has 1 aromatic carbocycles. The number of imidazole rings is 1. The molecule has 0 saturated carbocycles. The molecule has 4 rings (SSSR count). The van der Waals surface area contributed by atoms with Crippen LogP contribution in [0.3, 0.4) is 0 Å². The van der Waals surface area contributed by atoms with E-state index in [-0.39, 0.29) is 28.7 Å². The molecule has 3 unspecified atom stereocenters. The summed E-state index contributed by atoms with van der Waals surface area (Å²) < 4.78 is 61.7. The van der Waals surface area contributed by atoms with Gasteiger partial charge in [-0.15, -0.1) is 4.83 Å². The lowest BCUT2D eigenvalue weighted by atomic mass is 9.96. The number of aromatic nitrogens is 4. The van der Waals surface area contributed by atoms with E-state index in [0.29, 0.717) is 0 Å². The number of hydrogen-bond donors (Lipinski definition) is 5. The van der Waals surface area contributed by atoms with Crippen molar-refractivity contribution in [3.05, 3.63) is 36.7 Å². The monoisotopic (exact) mass is 686 g/mol. The molecule has 20 heteroatoms. The van der Waals surface area contributed by atoms with Gasteiger partial charge in [-0.1, -0.05) is 18.2 Å². The van der Waals surface area contributed by atoms with Crippen molar-refractivity contribution in [2.24, 2.45) is 0 Å². The summed E-state index contributed by atoms with van der Waals surface area (Å²) in [7, 11) is -6.69. The van der Waals surface area contributed by atoms with Gasteiger partial charge in [0.15, 0.2) is 23.2 Å². The van der Waals surface area contributed by atoms with Crippen LogP contribution in [-0.2, 0) is 33.4 Å². The van der Waals surface area contributed by atoms with Crippen LogP contribution in [0.2, 0.25) is 0 Å². The van der Waals surface area contributed by atoms with Crippen LogP contribution in [0.5, 0.6) is 5.75 Å². The van der Waals surface area contributed by atoms with E-state index in [1.807, 2.05) is 0 Å². The van der Waals surface area contributed by atoms with Crippen molar-refractivity contribution < 1.29 is 46.5 Å². The highest BCUT2D eigenvalue weighted by molar-refractivity contribution is 7.88. The number of nitrogens with two attached hydrogens (primary N) is 1. The first-order valence-electron chi connectivity index (χ1n) is 14.0. The van der Waals surface area contributed by atoms with Gasteiger partial charge in [0.2, 0.25) is 16.0 Å². The molecular formula is C26H39N8O10PS. The molecule has 1 aliphatic rings. The van der Waals surface area contributed by atoms with E-state index >= 15 is 0 Å². The van der Waals surface area contributed by atoms with E-state index < -0.39 is 66.0 Å². The van der Waals surface area contributed by atoms with Gasteiger partial charge in [0.25, 0.3) is 0 Å². The smallest absolute Gasteiger partial charge is 0.459 e. The molecule has 0 aliphatic carbocycles. The first kappa shape index (κ1) is 35.4. The van der Waals surface area contributed by atoms with Crippen molar-refractivity contribution in [1.29, 1.82) is 0 Å². The molecule has 3 aromatic rings. The molecule has 1 aliphatic heterocycles. The molecule has 0 amide bonds. The molecule has 6 N–H and O–H groups in total. The summed E-state index contributed by atoms with van der Waals surface area (Å²) in [4.78, 5) is 27.5. The Morgan fingerprint density at radius 2 is 1.93 bits per heavy atom. The molecule has 2 aromatic heterocycles. The second-order valence-corrected chi connectivity index (χ2v) is 15.1. The van der Waals surface area contributed by atoms with E-state index in [2.05, 4.69) is 24.9 Å². The molecule has 1 saturated heterocycles. The Hall–Kier alpha value is -3.42. The second-order valence-electron chi connectivity index (χ2n) is 11.7. The van der Waals surface area contributed by atoms with Crippen LogP contribution >= 0.6 is 7.75 Å². The maximum atomic E-state index is 14.1. The zero-order valence-corrected chi connectivity index (χ0v) is 28.0. The highest BCUT2D eigenvalue weighted by Gasteiger charge is 2.54. The van der Waals surface area contributed by atoms with Crippen LogP contribution in [0, 0.1) is 0 Å². The van der Waals surface area contributed by atoms with Crippen molar-refractivity contribution >= 4 is 46.7 Å². The van der Waals surface area contributed by atoms with Crippen LogP contribution in [-0.4, -0.2) is 93.5 Å². The van der Waals surface area contributed by atoms with Crippen molar-refractivity contribution in [2.75, 3.05) is 30.7 Å². The molecule has 0 spiro atoms. The fourth-order valence-electron chi connectivity index (χ4n) is 4.62. The predicted molar refractivity (Wildman–Crippen MR) is 166 cm³/mol. The Morgan fingerprint density at radius 1 is 1.28 bits per heavy atom. The zero-order chi connectivity index (χ0) is 34.2. The largest absolute Gasteiger partial charge is 0.462 e. The lowest BCUT2D eigenvalue weighted by Gasteiger charge is -2.30. The number of benzene rings is 1. The predicted octanol–water partition coefficient (Wildman–Crippen LogP) is 0.842. The first-order valence-corrected chi connectivity index (χ1v) is 17.4. The zero-order valence-electron chi connectivity index (χ0n) is 26.3. The number of aliphatic hydroxyl groups excluding tert-OH is 1. The Balaban J connectivity index is 1.61. The van der Waals surface area contributed by atoms with Crippen LogP contribution in [0.15, 0.2) is 36.7 Å². The van der Waals surface area contributed by atoms with Gasteiger partial charge in [-0.3, -0.25) is 18.9 Å². The van der Waals surface area contributed by atoms with Gasteiger partial charge in [0.05, 0.1) is 25.3 Å². The summed E-state index contributed by atoms with van der Waals surface area (Å²) in [6.07, 6.45) is -2.47. The number of aliphatic hydroxyl groups is 2. The lowest BCUT2D eigenvalue weighted by molar-refractivity contribution is -0.153. The van der Waals surface area contributed by atoms with Crippen LogP contribution in [0.1, 0.15) is 40.8 Å². The van der Waals surface area contributed by atoms with Gasteiger partial charge >= 0.3 is 13.7 Å². The van der Waals surface area contributed by atoms with Crippen molar-refractivity contribution in [3.8, 4) is 5.75 Å².